The molecule has 34 heavy (non-hydrogen) atoms. The molecule has 0 N–H and O–H groups in total. The van der Waals surface area contributed by atoms with Gasteiger partial charge in [0.15, 0.2) is 5.78 Å². The second-order valence-corrected chi connectivity index (χ2v) is 10.8. The molecule has 4 rings (SSSR count). The summed E-state index contributed by atoms with van der Waals surface area (Å²) in [4.78, 5) is 28.9. The van der Waals surface area contributed by atoms with Gasteiger partial charge in [0.2, 0.25) is 5.88 Å². The maximum absolute atomic E-state index is 13.6. The molecule has 0 saturated heterocycles. The van der Waals surface area contributed by atoms with Crippen LogP contribution in [0.25, 0.3) is 0 Å². The topological polar surface area (TPSA) is 112 Å². The first-order chi connectivity index (χ1) is 16.1. The normalized spacial score (nSPS) is 14.8. The zero-order chi connectivity index (χ0) is 25.2. The molecule has 0 fully saturated rings. The smallest absolute Gasteiger partial charge is 0.340 e. The van der Waals surface area contributed by atoms with Gasteiger partial charge in [0.05, 0.1) is 6.20 Å². The van der Waals surface area contributed by atoms with E-state index < -0.39 is 10.1 Å². The third-order valence-electron chi connectivity index (χ3n) is 5.82. The third kappa shape index (κ3) is 4.65. The maximum Gasteiger partial charge on any atom is 0.340 e. The van der Waals surface area contributed by atoms with Crippen LogP contribution in [0.2, 0.25) is 0 Å². The molecule has 1 aliphatic heterocycles. The zero-order valence-corrected chi connectivity index (χ0v) is 21.2. The van der Waals surface area contributed by atoms with Crippen LogP contribution in [0.5, 0.6) is 5.88 Å². The number of thioether (sulfide) groups is 1. The summed E-state index contributed by atoms with van der Waals surface area (Å²) in [6.07, 6.45) is 1.39. The molecule has 10 heteroatoms. The van der Waals surface area contributed by atoms with Crippen LogP contribution < -0.4 is 4.18 Å². The third-order valence-corrected chi connectivity index (χ3v) is 8.54. The van der Waals surface area contributed by atoms with Crippen molar-refractivity contribution in [1.82, 2.24) is 9.78 Å². The van der Waals surface area contributed by atoms with Gasteiger partial charge in [0.1, 0.15) is 10.5 Å². The van der Waals surface area contributed by atoms with Gasteiger partial charge in [0.25, 0.3) is 0 Å². The first kappa shape index (κ1) is 25.6. The van der Waals surface area contributed by atoms with Crippen molar-refractivity contribution in [3.8, 4) is 5.88 Å². The van der Waals surface area contributed by atoms with Gasteiger partial charge in [-0.25, -0.2) is 4.68 Å². The predicted molar refractivity (Wildman–Crippen MR) is 132 cm³/mol. The summed E-state index contributed by atoms with van der Waals surface area (Å²) >= 11 is 1.82. The standard InChI is InChI=1S/C24H26N2O4S2.O2/c1-6-26-24(30-32(28,29)18-9-7-14(2)8-10-18)20(12-25-26)22(27)19-11-15(3)23-21(17(19)5)16(4)13-31-23;1-2/h7-12,16H,6,13H2,1-5H3;. The minimum absolute atomic E-state index is 0.0285. The van der Waals surface area contributed by atoms with E-state index in [-0.39, 0.29) is 22.1 Å². The fourth-order valence-electron chi connectivity index (χ4n) is 4.08. The average Bonchev–Trinajstić information content (AvgIpc) is 3.40. The SMILES string of the molecule is CCn1ncc(C(=O)c2cc(C)c3c(c2C)C(C)CS3)c1OS(=O)(=O)c1ccc(C)cc1.O=O. The van der Waals surface area contributed by atoms with E-state index in [1.165, 1.54) is 33.5 Å². The number of benzene rings is 2. The lowest BCUT2D eigenvalue weighted by Crippen LogP contribution is -2.16. The van der Waals surface area contributed by atoms with E-state index >= 15 is 0 Å². The van der Waals surface area contributed by atoms with E-state index in [1.807, 2.05) is 45.5 Å². The Morgan fingerprint density at radius 3 is 2.41 bits per heavy atom. The Kier molecular flexibility index (Phi) is 7.62. The summed E-state index contributed by atoms with van der Waals surface area (Å²) in [5.74, 6) is 1.01. The van der Waals surface area contributed by atoms with Gasteiger partial charge in [0, 0.05) is 32.7 Å². The number of aromatic nitrogens is 2. The summed E-state index contributed by atoms with van der Waals surface area (Å²) in [5, 5.41) is 4.21. The van der Waals surface area contributed by atoms with E-state index in [9.17, 15) is 13.2 Å². The highest BCUT2D eigenvalue weighted by molar-refractivity contribution is 7.99. The van der Waals surface area contributed by atoms with Gasteiger partial charge in [-0.15, -0.1) is 11.8 Å². The highest BCUT2D eigenvalue weighted by Gasteiger charge is 2.30. The largest absolute Gasteiger partial charge is 0.358 e. The van der Waals surface area contributed by atoms with Crippen LogP contribution in [0, 0.1) is 30.7 Å². The Morgan fingerprint density at radius 1 is 1.15 bits per heavy atom. The Morgan fingerprint density at radius 2 is 1.79 bits per heavy atom. The monoisotopic (exact) mass is 502 g/mol. The van der Waals surface area contributed by atoms with Crippen molar-refractivity contribution in [3.63, 3.8) is 0 Å². The number of hydrogen-bond donors (Lipinski definition) is 0. The maximum atomic E-state index is 13.6. The predicted octanol–water partition coefficient (Wildman–Crippen LogP) is 5.10. The minimum Gasteiger partial charge on any atom is -0.358 e. The molecule has 0 saturated carbocycles. The first-order valence-electron chi connectivity index (χ1n) is 10.7. The number of aryl methyl sites for hydroxylation is 3. The summed E-state index contributed by atoms with van der Waals surface area (Å²) in [6.45, 7) is 10.2. The molecule has 1 aliphatic rings. The van der Waals surface area contributed by atoms with Crippen molar-refractivity contribution in [3.05, 3.63) is 79.8 Å². The van der Waals surface area contributed by atoms with Crippen molar-refractivity contribution < 1.29 is 17.4 Å². The van der Waals surface area contributed by atoms with Crippen LogP contribution in [0.1, 0.15) is 57.9 Å². The fourth-order valence-corrected chi connectivity index (χ4v) is 6.40. The highest BCUT2D eigenvalue weighted by atomic mass is 32.2. The molecule has 2 heterocycles. The zero-order valence-electron chi connectivity index (χ0n) is 19.6. The summed E-state index contributed by atoms with van der Waals surface area (Å²) in [6, 6.07) is 8.28. The lowest BCUT2D eigenvalue weighted by Gasteiger charge is -2.15. The number of nitrogens with zero attached hydrogens (tertiary/aromatic N) is 2. The number of carbonyl (C=O) groups excluding carboxylic acids is 1. The molecule has 0 bridgehead atoms. The number of carbonyl (C=O) groups is 1. The van der Waals surface area contributed by atoms with E-state index in [0.29, 0.717) is 18.0 Å². The molecule has 0 radical (unpaired) electrons. The van der Waals surface area contributed by atoms with Crippen LogP contribution >= 0.6 is 11.8 Å². The second-order valence-electron chi connectivity index (χ2n) is 8.18. The van der Waals surface area contributed by atoms with Crippen molar-refractivity contribution in [2.45, 2.75) is 56.9 Å². The van der Waals surface area contributed by atoms with Gasteiger partial charge >= 0.3 is 10.1 Å². The minimum atomic E-state index is -4.12. The first-order valence-corrected chi connectivity index (χ1v) is 13.1. The fraction of sp³-hybridized carbons (Fsp3) is 0.333. The number of fused-ring (bicyclic) bond motifs is 1. The number of rotatable bonds is 6. The van der Waals surface area contributed by atoms with Crippen molar-refractivity contribution in [2.75, 3.05) is 5.75 Å². The summed E-state index contributed by atoms with van der Waals surface area (Å²) in [5.41, 5.74) is 4.84. The average molecular weight is 503 g/mol. The quantitative estimate of drug-likeness (QED) is 0.338. The highest BCUT2D eigenvalue weighted by Crippen LogP contribution is 2.44. The van der Waals surface area contributed by atoms with Gasteiger partial charge in [-0.1, -0.05) is 24.6 Å². The molecule has 0 spiro atoms. The lowest BCUT2D eigenvalue weighted by molar-refractivity contribution is 0.103. The second kappa shape index (κ2) is 10.1. The molecular weight excluding hydrogens is 476 g/mol. The summed E-state index contributed by atoms with van der Waals surface area (Å²) < 4.78 is 32.8. The molecule has 8 nitrogen and oxygen atoms in total. The lowest BCUT2D eigenvalue weighted by atomic mass is 9.89. The molecule has 1 unspecified atom stereocenters. The molecule has 0 amide bonds. The van der Waals surface area contributed by atoms with Gasteiger partial charge in [-0.3, -0.25) is 4.79 Å². The Labute approximate surface area is 203 Å². The van der Waals surface area contributed by atoms with Crippen LogP contribution in [-0.2, 0) is 16.7 Å². The van der Waals surface area contributed by atoms with Crippen LogP contribution in [0.3, 0.4) is 0 Å². The Bertz CT molecular complexity index is 1330. The van der Waals surface area contributed by atoms with Gasteiger partial charge in [-0.2, -0.15) is 13.5 Å². The van der Waals surface area contributed by atoms with E-state index in [4.69, 9.17) is 14.1 Å². The van der Waals surface area contributed by atoms with Crippen LogP contribution in [0.4, 0.5) is 0 Å². The number of hydrogen-bond acceptors (Lipinski definition) is 8. The Hall–Kier alpha value is -2.98. The van der Waals surface area contributed by atoms with Crippen molar-refractivity contribution in [2.24, 2.45) is 0 Å². The van der Waals surface area contributed by atoms with Gasteiger partial charge < -0.3 is 4.18 Å². The van der Waals surface area contributed by atoms with Crippen molar-refractivity contribution >= 4 is 27.7 Å². The molecule has 3 aromatic rings. The molecule has 180 valence electrons. The van der Waals surface area contributed by atoms with E-state index in [1.54, 1.807) is 12.1 Å². The molecule has 0 aliphatic carbocycles. The molecule has 1 aromatic heterocycles. The van der Waals surface area contributed by atoms with Crippen molar-refractivity contribution in [1.29, 1.82) is 0 Å². The number of ketones is 1. The van der Waals surface area contributed by atoms with E-state index in [0.717, 1.165) is 22.4 Å². The van der Waals surface area contributed by atoms with E-state index in [2.05, 4.69) is 12.0 Å². The Balaban J connectivity index is 0.00000158. The molecule has 2 aromatic carbocycles. The molecule has 1 atom stereocenters. The molecular formula is C24H26N2O6S2. The summed E-state index contributed by atoms with van der Waals surface area (Å²) in [7, 11) is -4.12. The van der Waals surface area contributed by atoms with Crippen LogP contribution in [0.15, 0.2) is 46.3 Å². The van der Waals surface area contributed by atoms with Crippen LogP contribution in [-0.4, -0.2) is 29.7 Å². The van der Waals surface area contributed by atoms with Gasteiger partial charge in [-0.05, 0) is 68.5 Å².